The second-order valence-corrected chi connectivity index (χ2v) is 7.65. The predicted molar refractivity (Wildman–Crippen MR) is 110 cm³/mol. The minimum atomic E-state index is 0.217. The summed E-state index contributed by atoms with van der Waals surface area (Å²) in [5, 5.41) is 5.75. The Labute approximate surface area is 149 Å². The summed E-state index contributed by atoms with van der Waals surface area (Å²) in [4.78, 5) is 0. The molecule has 2 N–H and O–H groups in total. The average molecular weight is 330 g/mol. The molecule has 0 aliphatic rings. The fraction of sp³-hybridized carbons (Fsp3) is 0.478. The van der Waals surface area contributed by atoms with Crippen LogP contribution >= 0.6 is 0 Å². The van der Waals surface area contributed by atoms with Crippen molar-refractivity contribution in [2.45, 2.75) is 66.2 Å². The van der Waals surface area contributed by atoms with E-state index in [1.807, 2.05) is 13.8 Å². The third-order valence-corrected chi connectivity index (χ3v) is 3.84. The van der Waals surface area contributed by atoms with E-state index in [9.17, 15) is 0 Å². The molecule has 0 spiro atoms. The van der Waals surface area contributed by atoms with E-state index in [0.717, 1.165) is 0 Å². The van der Waals surface area contributed by atoms with Crippen LogP contribution in [-0.4, -0.2) is 12.2 Å². The van der Waals surface area contributed by atoms with E-state index in [1.165, 1.54) is 29.4 Å². The monoisotopic (exact) mass is 329 g/mol. The molecule has 0 amide bonds. The molecule has 0 atom stereocenters. The molecule has 0 heterocycles. The first kappa shape index (κ1) is 22.4. The van der Waals surface area contributed by atoms with Gasteiger partial charge in [0.1, 0.15) is 7.11 Å². The van der Waals surface area contributed by atoms with Crippen LogP contribution in [0.4, 0.5) is 0 Å². The van der Waals surface area contributed by atoms with Crippen LogP contribution in [0.2, 0.25) is 0 Å². The highest BCUT2D eigenvalue weighted by Gasteiger charge is 2.14. The van der Waals surface area contributed by atoms with Crippen molar-refractivity contribution < 1.29 is 5.11 Å². The molecule has 0 aliphatic heterocycles. The maximum absolute atomic E-state index is 5.75. The van der Waals surface area contributed by atoms with Crippen LogP contribution in [0.3, 0.4) is 0 Å². The first-order chi connectivity index (χ1) is 11.2. The zero-order chi connectivity index (χ0) is 19.0. The van der Waals surface area contributed by atoms with Gasteiger partial charge in [-0.25, -0.2) is 0 Å². The summed E-state index contributed by atoms with van der Waals surface area (Å²) < 4.78 is 0. The molecular formula is C23H37O+. The van der Waals surface area contributed by atoms with Gasteiger partial charge >= 0.3 is 0 Å². The van der Waals surface area contributed by atoms with Gasteiger partial charge in [-0.2, -0.15) is 0 Å². The second-order valence-electron chi connectivity index (χ2n) is 7.65. The summed E-state index contributed by atoms with van der Waals surface area (Å²) in [6, 6.07) is 17.9. The highest BCUT2D eigenvalue weighted by atomic mass is 16.2. The first-order valence-electron chi connectivity index (χ1n) is 8.89. The molecule has 0 fully saturated rings. The molecule has 0 radical (unpaired) electrons. The lowest BCUT2D eigenvalue weighted by Gasteiger charge is -2.20. The smallest absolute Gasteiger partial charge is 0.133 e. The first-order valence-corrected chi connectivity index (χ1v) is 8.89. The molecule has 0 aromatic heterocycles. The Bertz CT molecular complexity index is 508. The van der Waals surface area contributed by atoms with Crippen LogP contribution in [-0.2, 0) is 10.8 Å². The van der Waals surface area contributed by atoms with Crippen molar-refractivity contribution in [3.8, 4) is 11.1 Å². The van der Waals surface area contributed by atoms with Crippen molar-refractivity contribution in [3.63, 3.8) is 0 Å². The van der Waals surface area contributed by atoms with Crippen LogP contribution in [0, 0.1) is 0 Å². The summed E-state index contributed by atoms with van der Waals surface area (Å²) >= 11 is 0. The standard InChI is InChI=1S/C20H26.C2H6.CH4O/c1-19(2,3)17-11-7-15(8-12-17)16-9-13-18(14-10-16)20(4,5)6;2*1-2/h7-14H,1-6H3;1-2H3;2H,1H3/p+1. The molecule has 0 saturated heterocycles. The van der Waals surface area contributed by atoms with Gasteiger partial charge in [-0.1, -0.05) is 104 Å². The van der Waals surface area contributed by atoms with Crippen molar-refractivity contribution in [1.82, 2.24) is 0 Å². The van der Waals surface area contributed by atoms with Crippen molar-refractivity contribution in [1.29, 1.82) is 0 Å². The van der Waals surface area contributed by atoms with Gasteiger partial charge in [0.2, 0.25) is 0 Å². The maximum atomic E-state index is 5.75. The molecule has 134 valence electrons. The summed E-state index contributed by atoms with van der Waals surface area (Å²) in [6.45, 7) is 17.5. The van der Waals surface area contributed by atoms with E-state index in [1.54, 1.807) is 0 Å². The molecule has 2 rings (SSSR count). The normalized spacial score (nSPS) is 10.9. The van der Waals surface area contributed by atoms with Gasteiger partial charge in [0.05, 0.1) is 0 Å². The Hall–Kier alpha value is -1.60. The van der Waals surface area contributed by atoms with Crippen LogP contribution in [0.25, 0.3) is 11.1 Å². The Balaban J connectivity index is 0.00000123. The molecule has 0 saturated carbocycles. The molecular weight excluding hydrogens is 292 g/mol. The molecule has 1 nitrogen and oxygen atoms in total. The van der Waals surface area contributed by atoms with Gasteiger partial charge in [-0.15, -0.1) is 0 Å². The SMILES string of the molecule is CC.CC(C)(C)c1ccc(-c2ccc(C(C)(C)C)cc2)cc1.C[OH2+]. The van der Waals surface area contributed by atoms with Gasteiger partial charge < -0.3 is 5.11 Å². The molecule has 24 heavy (non-hydrogen) atoms. The number of hydrogen-bond acceptors (Lipinski definition) is 0. The quantitative estimate of drug-likeness (QED) is 0.547. The molecule has 0 bridgehead atoms. The summed E-state index contributed by atoms with van der Waals surface area (Å²) in [6.07, 6.45) is 0. The lowest BCUT2D eigenvalue weighted by molar-refractivity contribution is 0.399. The van der Waals surface area contributed by atoms with Crippen LogP contribution in [0.5, 0.6) is 0 Å². The minimum Gasteiger partial charge on any atom is -0.448 e. The zero-order valence-electron chi connectivity index (χ0n) is 17.1. The van der Waals surface area contributed by atoms with E-state index in [0.29, 0.717) is 0 Å². The molecule has 0 aliphatic carbocycles. The van der Waals surface area contributed by atoms with Gasteiger partial charge in [-0.05, 0) is 33.1 Å². The molecule has 2 aromatic rings. The zero-order valence-corrected chi connectivity index (χ0v) is 17.1. The Morgan fingerprint density at radius 3 is 0.875 bits per heavy atom. The Morgan fingerprint density at radius 2 is 0.708 bits per heavy atom. The van der Waals surface area contributed by atoms with Gasteiger partial charge in [0.15, 0.2) is 0 Å². The third-order valence-electron chi connectivity index (χ3n) is 3.84. The highest BCUT2D eigenvalue weighted by molar-refractivity contribution is 5.64. The van der Waals surface area contributed by atoms with Crippen molar-refractivity contribution >= 4 is 0 Å². The Kier molecular flexibility index (Phi) is 8.99. The van der Waals surface area contributed by atoms with Crippen LogP contribution in [0.15, 0.2) is 48.5 Å². The lowest BCUT2D eigenvalue weighted by Crippen LogP contribution is -2.10. The fourth-order valence-electron chi connectivity index (χ4n) is 2.33. The number of hydrogen-bond donors (Lipinski definition) is 0. The van der Waals surface area contributed by atoms with E-state index in [4.69, 9.17) is 5.11 Å². The van der Waals surface area contributed by atoms with Crippen molar-refractivity contribution in [2.24, 2.45) is 0 Å². The van der Waals surface area contributed by atoms with E-state index in [2.05, 4.69) is 90.1 Å². The van der Waals surface area contributed by atoms with Gasteiger partial charge in [-0.3, -0.25) is 0 Å². The van der Waals surface area contributed by atoms with Crippen molar-refractivity contribution in [3.05, 3.63) is 59.7 Å². The van der Waals surface area contributed by atoms with Crippen molar-refractivity contribution in [2.75, 3.05) is 7.11 Å². The summed E-state index contributed by atoms with van der Waals surface area (Å²) in [5.74, 6) is 0. The minimum absolute atomic E-state index is 0.217. The summed E-state index contributed by atoms with van der Waals surface area (Å²) in [7, 11) is 1.25. The molecule has 1 heteroatoms. The fourth-order valence-corrected chi connectivity index (χ4v) is 2.33. The number of benzene rings is 2. The van der Waals surface area contributed by atoms with E-state index < -0.39 is 0 Å². The predicted octanol–water partition coefficient (Wildman–Crippen LogP) is 6.32. The maximum Gasteiger partial charge on any atom is 0.133 e. The molecule has 2 aromatic carbocycles. The van der Waals surface area contributed by atoms with Gasteiger partial charge in [0.25, 0.3) is 0 Å². The van der Waals surface area contributed by atoms with E-state index >= 15 is 0 Å². The lowest BCUT2D eigenvalue weighted by atomic mass is 9.85. The molecule has 0 unspecified atom stereocenters. The van der Waals surface area contributed by atoms with Gasteiger partial charge in [0, 0.05) is 0 Å². The topological polar surface area (TPSA) is 22.9 Å². The summed E-state index contributed by atoms with van der Waals surface area (Å²) in [5.41, 5.74) is 5.78. The Morgan fingerprint density at radius 1 is 0.500 bits per heavy atom. The third kappa shape index (κ3) is 6.49. The van der Waals surface area contributed by atoms with E-state index in [-0.39, 0.29) is 10.8 Å². The average Bonchev–Trinajstić information content (AvgIpc) is 2.57. The van der Waals surface area contributed by atoms with Crippen LogP contribution < -0.4 is 0 Å². The highest BCUT2D eigenvalue weighted by Crippen LogP contribution is 2.28. The number of rotatable bonds is 1. The largest absolute Gasteiger partial charge is 0.448 e. The second kappa shape index (κ2) is 9.64. The van der Waals surface area contributed by atoms with Crippen LogP contribution in [0.1, 0.15) is 66.5 Å².